The van der Waals surface area contributed by atoms with Crippen LogP contribution in [0.5, 0.6) is 0 Å². The first kappa shape index (κ1) is 18.8. The van der Waals surface area contributed by atoms with E-state index in [0.717, 1.165) is 0 Å². The Bertz CT molecular complexity index is 873. The van der Waals surface area contributed by atoms with E-state index in [4.69, 9.17) is 16.3 Å². The summed E-state index contributed by atoms with van der Waals surface area (Å²) < 4.78 is 5.22. The van der Waals surface area contributed by atoms with E-state index in [9.17, 15) is 9.59 Å². The van der Waals surface area contributed by atoms with Crippen LogP contribution >= 0.6 is 11.6 Å². The van der Waals surface area contributed by atoms with Crippen molar-refractivity contribution in [3.8, 4) is 0 Å². The Labute approximate surface area is 162 Å². The first-order valence-electron chi connectivity index (χ1n) is 8.65. The monoisotopic (exact) mass is 385 g/mol. The molecule has 0 spiro atoms. The van der Waals surface area contributed by atoms with Gasteiger partial charge in [0.2, 0.25) is 0 Å². The summed E-state index contributed by atoms with van der Waals surface area (Å²) in [6, 6.07) is 13.8. The predicted octanol–water partition coefficient (Wildman–Crippen LogP) is 3.02. The molecule has 27 heavy (non-hydrogen) atoms. The zero-order chi connectivity index (χ0) is 19.2. The van der Waals surface area contributed by atoms with Crippen molar-refractivity contribution in [2.24, 2.45) is 0 Å². The minimum atomic E-state index is -0.494. The van der Waals surface area contributed by atoms with E-state index in [1.54, 1.807) is 49.4 Å². The fourth-order valence-electron chi connectivity index (χ4n) is 2.78. The van der Waals surface area contributed by atoms with Gasteiger partial charge in [-0.15, -0.1) is 0 Å². The maximum absolute atomic E-state index is 12.6. The van der Waals surface area contributed by atoms with Gasteiger partial charge in [-0.3, -0.25) is 4.79 Å². The minimum Gasteiger partial charge on any atom is -0.462 e. The molecule has 0 aromatic heterocycles. The zero-order valence-electron chi connectivity index (χ0n) is 14.8. The Kier molecular flexibility index (Phi) is 5.98. The van der Waals surface area contributed by atoms with Crippen molar-refractivity contribution in [2.75, 3.05) is 25.0 Å². The predicted molar refractivity (Wildman–Crippen MR) is 105 cm³/mol. The van der Waals surface area contributed by atoms with E-state index in [1.165, 1.54) is 0 Å². The highest BCUT2D eigenvalue weighted by Crippen LogP contribution is 2.30. The molecule has 0 radical (unpaired) electrons. The normalized spacial score (nSPS) is 12.7. The van der Waals surface area contributed by atoms with E-state index >= 15 is 0 Å². The van der Waals surface area contributed by atoms with E-state index in [1.807, 2.05) is 6.07 Å². The quantitative estimate of drug-likeness (QED) is 0.544. The summed E-state index contributed by atoms with van der Waals surface area (Å²) in [6.07, 6.45) is 0. The number of benzene rings is 2. The molecule has 1 saturated heterocycles. The molecule has 2 aromatic carbocycles. The van der Waals surface area contributed by atoms with Crippen LogP contribution in [0.1, 0.15) is 22.8 Å². The van der Waals surface area contributed by atoms with Gasteiger partial charge in [-0.2, -0.15) is 0 Å². The molecular formula is C20H20ClN3O3. The van der Waals surface area contributed by atoms with Crippen molar-refractivity contribution in [3.05, 3.63) is 70.5 Å². The van der Waals surface area contributed by atoms with Crippen LogP contribution < -0.4 is 16.0 Å². The number of hydrogen-bond acceptors (Lipinski definition) is 5. The summed E-state index contributed by atoms with van der Waals surface area (Å²) in [5.41, 5.74) is 1.78. The van der Waals surface area contributed by atoms with Crippen molar-refractivity contribution in [2.45, 2.75) is 6.92 Å². The van der Waals surface area contributed by atoms with Gasteiger partial charge in [0.25, 0.3) is 5.91 Å². The van der Waals surface area contributed by atoms with Crippen molar-refractivity contribution in [1.29, 1.82) is 0 Å². The average Bonchev–Trinajstić information content (AvgIpc) is 3.19. The Morgan fingerprint density at radius 1 is 1.11 bits per heavy atom. The summed E-state index contributed by atoms with van der Waals surface area (Å²) >= 11 is 6.17. The van der Waals surface area contributed by atoms with Crippen LogP contribution in [0.4, 0.5) is 5.69 Å². The molecule has 1 amide bonds. The van der Waals surface area contributed by atoms with E-state index in [-0.39, 0.29) is 12.5 Å². The summed E-state index contributed by atoms with van der Waals surface area (Å²) in [7, 11) is 0. The van der Waals surface area contributed by atoms with Crippen LogP contribution in [-0.2, 0) is 9.53 Å². The van der Waals surface area contributed by atoms with Gasteiger partial charge in [-0.25, -0.2) is 4.79 Å². The molecule has 2 aromatic rings. The van der Waals surface area contributed by atoms with E-state index in [2.05, 4.69) is 16.0 Å². The lowest BCUT2D eigenvalue weighted by Gasteiger charge is -2.16. The SMILES string of the molecule is CCOC(=O)C(=C1NCCN1)c1cc(Cl)ccc1NC(=O)c1ccccc1. The fourth-order valence-corrected chi connectivity index (χ4v) is 2.95. The molecule has 3 N–H and O–H groups in total. The second-order valence-corrected chi connectivity index (χ2v) is 6.27. The minimum absolute atomic E-state index is 0.238. The highest BCUT2D eigenvalue weighted by Gasteiger charge is 2.25. The number of carbonyl (C=O) groups excluding carboxylic acids is 2. The molecule has 0 atom stereocenters. The van der Waals surface area contributed by atoms with Crippen LogP contribution in [0, 0.1) is 0 Å². The molecule has 1 heterocycles. The van der Waals surface area contributed by atoms with Gasteiger partial charge < -0.3 is 20.7 Å². The highest BCUT2D eigenvalue weighted by atomic mass is 35.5. The lowest BCUT2D eigenvalue weighted by Crippen LogP contribution is -2.21. The Balaban J connectivity index is 2.03. The molecule has 7 heteroatoms. The number of esters is 1. The average molecular weight is 386 g/mol. The first-order valence-corrected chi connectivity index (χ1v) is 9.03. The number of rotatable bonds is 5. The van der Waals surface area contributed by atoms with E-state index in [0.29, 0.717) is 46.3 Å². The number of carbonyl (C=O) groups is 2. The van der Waals surface area contributed by atoms with Gasteiger partial charge in [0.05, 0.1) is 6.61 Å². The number of halogens is 1. The Hall–Kier alpha value is -2.99. The summed E-state index contributed by atoms with van der Waals surface area (Å²) in [5, 5.41) is 9.58. The molecular weight excluding hydrogens is 366 g/mol. The maximum Gasteiger partial charge on any atom is 0.342 e. The van der Waals surface area contributed by atoms with Gasteiger partial charge in [0, 0.05) is 34.9 Å². The number of hydrogen-bond donors (Lipinski definition) is 3. The van der Waals surface area contributed by atoms with E-state index < -0.39 is 5.97 Å². The van der Waals surface area contributed by atoms with Crippen LogP contribution in [0.15, 0.2) is 54.4 Å². The number of ether oxygens (including phenoxy) is 1. The lowest BCUT2D eigenvalue weighted by molar-refractivity contribution is -0.136. The summed E-state index contributed by atoms with van der Waals surface area (Å²) in [4.78, 5) is 25.2. The number of amides is 1. The van der Waals surface area contributed by atoms with Crippen LogP contribution in [0.3, 0.4) is 0 Å². The Morgan fingerprint density at radius 2 is 1.81 bits per heavy atom. The standard InChI is InChI=1S/C20H20ClN3O3/c1-2-27-20(26)17(18-22-10-11-23-18)15-12-14(21)8-9-16(15)24-19(25)13-6-4-3-5-7-13/h3-9,12,22-23H,2,10-11H2,1H3,(H,24,25). The summed E-state index contributed by atoms with van der Waals surface area (Å²) in [6.45, 7) is 3.35. The van der Waals surface area contributed by atoms with Crippen LogP contribution in [0.2, 0.25) is 5.02 Å². The molecule has 1 fully saturated rings. The van der Waals surface area contributed by atoms with Gasteiger partial charge in [-0.05, 0) is 37.3 Å². The number of nitrogens with one attached hydrogen (secondary N) is 3. The third-order valence-electron chi connectivity index (χ3n) is 3.99. The topological polar surface area (TPSA) is 79.5 Å². The van der Waals surface area contributed by atoms with Gasteiger partial charge >= 0.3 is 5.97 Å². The van der Waals surface area contributed by atoms with Gasteiger partial charge in [0.1, 0.15) is 11.4 Å². The largest absolute Gasteiger partial charge is 0.462 e. The molecule has 1 aliphatic rings. The van der Waals surface area contributed by atoms with Crippen LogP contribution in [-0.4, -0.2) is 31.6 Å². The fraction of sp³-hybridized carbons (Fsp3) is 0.200. The smallest absolute Gasteiger partial charge is 0.342 e. The van der Waals surface area contributed by atoms with Crippen molar-refractivity contribution in [3.63, 3.8) is 0 Å². The molecule has 0 aliphatic carbocycles. The summed E-state index contributed by atoms with van der Waals surface area (Å²) in [5.74, 6) is -0.211. The molecule has 0 unspecified atom stereocenters. The third-order valence-corrected chi connectivity index (χ3v) is 4.23. The van der Waals surface area contributed by atoms with Gasteiger partial charge in [0.15, 0.2) is 0 Å². The van der Waals surface area contributed by atoms with Crippen molar-refractivity contribution >= 4 is 34.7 Å². The van der Waals surface area contributed by atoms with Crippen LogP contribution in [0.25, 0.3) is 5.57 Å². The molecule has 3 rings (SSSR count). The van der Waals surface area contributed by atoms with Crippen molar-refractivity contribution in [1.82, 2.24) is 10.6 Å². The highest BCUT2D eigenvalue weighted by molar-refractivity contribution is 6.31. The van der Waals surface area contributed by atoms with Crippen molar-refractivity contribution < 1.29 is 14.3 Å². The molecule has 140 valence electrons. The molecule has 0 saturated carbocycles. The first-order chi connectivity index (χ1) is 13.1. The maximum atomic E-state index is 12.6. The lowest BCUT2D eigenvalue weighted by atomic mass is 10.0. The number of anilines is 1. The van der Waals surface area contributed by atoms with Gasteiger partial charge in [-0.1, -0.05) is 29.8 Å². The second-order valence-electron chi connectivity index (χ2n) is 5.83. The molecule has 6 nitrogen and oxygen atoms in total. The third kappa shape index (κ3) is 4.41. The Morgan fingerprint density at radius 3 is 2.48 bits per heavy atom. The zero-order valence-corrected chi connectivity index (χ0v) is 15.6. The molecule has 1 aliphatic heterocycles. The molecule has 0 bridgehead atoms. The second kappa shape index (κ2) is 8.60.